The van der Waals surface area contributed by atoms with E-state index in [1.54, 1.807) is 0 Å². The number of nitrogens with zero attached hydrogens (tertiary/aromatic N) is 2. The van der Waals surface area contributed by atoms with Crippen molar-refractivity contribution in [1.29, 1.82) is 5.26 Å². The van der Waals surface area contributed by atoms with Crippen molar-refractivity contribution >= 4 is 50.5 Å². The topological polar surface area (TPSA) is 74.5 Å². The second-order valence-corrected chi connectivity index (χ2v) is 10.1. The van der Waals surface area contributed by atoms with Gasteiger partial charge in [0.25, 0.3) is 5.91 Å². The van der Waals surface area contributed by atoms with Crippen LogP contribution in [0.5, 0.6) is 5.75 Å². The lowest BCUT2D eigenvalue weighted by molar-refractivity contribution is -0.115. The number of benzene rings is 4. The minimum atomic E-state index is -0.196. The van der Waals surface area contributed by atoms with E-state index in [9.17, 15) is 10.1 Å². The molecule has 1 N–H and O–H groups in total. The van der Waals surface area contributed by atoms with Crippen LogP contribution in [-0.2, 0) is 11.4 Å². The maximum atomic E-state index is 12.6. The lowest BCUT2D eigenvalue weighted by atomic mass is 9.99. The highest BCUT2D eigenvalue weighted by atomic mass is 79.9. The van der Waals surface area contributed by atoms with Crippen LogP contribution < -0.4 is 10.1 Å². The zero-order valence-electron chi connectivity index (χ0n) is 19.5. The molecule has 0 unspecified atom stereocenters. The van der Waals surface area contributed by atoms with Crippen LogP contribution in [0.15, 0.2) is 111 Å². The Morgan fingerprint density at radius 3 is 2.51 bits per heavy atom. The van der Waals surface area contributed by atoms with Crippen molar-refractivity contribution in [2.24, 2.45) is 4.99 Å². The van der Waals surface area contributed by atoms with Gasteiger partial charge in [-0.15, -0.1) is 0 Å². The maximum Gasteiger partial charge on any atom is 0.264 e. The molecule has 1 fully saturated rings. The summed E-state index contributed by atoms with van der Waals surface area (Å²) < 4.78 is 7.03. The summed E-state index contributed by atoms with van der Waals surface area (Å²) in [6.07, 6.45) is 1.82. The molecule has 0 radical (unpaired) electrons. The van der Waals surface area contributed by atoms with Gasteiger partial charge < -0.3 is 10.1 Å². The number of para-hydroxylation sites is 1. The van der Waals surface area contributed by atoms with Gasteiger partial charge in [0.1, 0.15) is 12.4 Å². The highest BCUT2D eigenvalue weighted by Gasteiger charge is 2.24. The van der Waals surface area contributed by atoms with Crippen LogP contribution in [0, 0.1) is 11.3 Å². The number of aliphatic imine (C=N–C) groups is 1. The number of thioether (sulfide) groups is 1. The Kier molecular flexibility index (Phi) is 7.50. The third-order valence-corrected chi connectivity index (χ3v) is 7.01. The molecule has 1 amide bonds. The van der Waals surface area contributed by atoms with Crippen LogP contribution in [0.3, 0.4) is 0 Å². The van der Waals surface area contributed by atoms with E-state index < -0.39 is 0 Å². The Morgan fingerprint density at radius 1 is 0.973 bits per heavy atom. The second-order valence-electron chi connectivity index (χ2n) is 8.14. The number of amides is 1. The van der Waals surface area contributed by atoms with Crippen LogP contribution >= 0.6 is 27.7 Å². The molecule has 1 heterocycles. The smallest absolute Gasteiger partial charge is 0.264 e. The largest absolute Gasteiger partial charge is 0.488 e. The molecule has 5 nitrogen and oxygen atoms in total. The summed E-state index contributed by atoms with van der Waals surface area (Å²) in [6.45, 7) is 0.359. The quantitative estimate of drug-likeness (QED) is 0.246. The molecule has 5 rings (SSSR count). The number of hydrogen-bond donors (Lipinski definition) is 1. The first kappa shape index (κ1) is 24.6. The fourth-order valence-corrected chi connectivity index (χ4v) is 4.99. The molecular weight excluding hydrogens is 546 g/mol. The maximum absolute atomic E-state index is 12.6. The first-order valence-corrected chi connectivity index (χ1v) is 13.1. The monoisotopic (exact) mass is 565 g/mol. The van der Waals surface area contributed by atoms with Crippen LogP contribution in [0.2, 0.25) is 0 Å². The van der Waals surface area contributed by atoms with Crippen molar-refractivity contribution in [2.75, 3.05) is 0 Å². The van der Waals surface area contributed by atoms with Gasteiger partial charge in [-0.25, -0.2) is 4.99 Å². The van der Waals surface area contributed by atoms with Crippen LogP contribution in [0.1, 0.15) is 16.7 Å². The highest BCUT2D eigenvalue weighted by Crippen LogP contribution is 2.32. The Hall–Kier alpha value is -4.12. The first-order valence-electron chi connectivity index (χ1n) is 11.4. The molecule has 180 valence electrons. The van der Waals surface area contributed by atoms with E-state index in [0.717, 1.165) is 32.4 Å². The van der Waals surface area contributed by atoms with E-state index in [1.807, 2.05) is 103 Å². The number of carbonyl (C=O) groups is 1. The number of rotatable bonds is 6. The third kappa shape index (κ3) is 6.00. The number of ether oxygens (including phenoxy) is 1. The van der Waals surface area contributed by atoms with Gasteiger partial charge in [0, 0.05) is 10.0 Å². The van der Waals surface area contributed by atoms with Gasteiger partial charge in [-0.05, 0) is 70.9 Å². The van der Waals surface area contributed by atoms with Crippen molar-refractivity contribution in [3.8, 4) is 22.9 Å². The fraction of sp³-hybridized carbons (Fsp3) is 0.0333. The number of hydrogen-bond acceptors (Lipinski definition) is 5. The summed E-state index contributed by atoms with van der Waals surface area (Å²) in [6, 6.07) is 33.0. The standard InChI is InChI=1S/C30H20BrN3O2S/c31-24-14-15-27(36-19-20-10-12-21(13-11-20)26-9-5-4-6-22(26)18-32)23(16-24)17-28-29(35)34-30(37-28)33-25-7-2-1-3-8-25/h1-17H,19H2,(H,33,34,35). The molecular formula is C30H20BrN3O2S. The van der Waals surface area contributed by atoms with Crippen LogP contribution in [0.25, 0.3) is 17.2 Å². The van der Waals surface area contributed by atoms with Crippen LogP contribution in [-0.4, -0.2) is 11.1 Å². The van der Waals surface area contributed by atoms with E-state index in [-0.39, 0.29) is 5.91 Å². The molecule has 4 aromatic carbocycles. The number of halogens is 1. The number of carbonyl (C=O) groups excluding carboxylic acids is 1. The summed E-state index contributed by atoms with van der Waals surface area (Å²) >= 11 is 4.81. The zero-order chi connectivity index (χ0) is 25.6. The molecule has 7 heteroatoms. The number of nitriles is 1. The fourth-order valence-electron chi connectivity index (χ4n) is 3.78. The van der Waals surface area contributed by atoms with E-state index in [4.69, 9.17) is 4.74 Å². The summed E-state index contributed by atoms with van der Waals surface area (Å²) in [5.41, 5.74) is 5.08. The summed E-state index contributed by atoms with van der Waals surface area (Å²) in [7, 11) is 0. The summed E-state index contributed by atoms with van der Waals surface area (Å²) in [5.74, 6) is 0.468. The Morgan fingerprint density at radius 2 is 1.73 bits per heavy atom. The number of amidine groups is 1. The minimum absolute atomic E-state index is 0.196. The summed E-state index contributed by atoms with van der Waals surface area (Å²) in [5, 5.41) is 12.7. The molecule has 0 aliphatic carbocycles. The van der Waals surface area contributed by atoms with E-state index in [1.165, 1.54) is 11.8 Å². The van der Waals surface area contributed by atoms with Crippen molar-refractivity contribution < 1.29 is 9.53 Å². The molecule has 4 aromatic rings. The van der Waals surface area contributed by atoms with Gasteiger partial charge in [-0.1, -0.05) is 76.6 Å². The van der Waals surface area contributed by atoms with Gasteiger partial charge in [0.15, 0.2) is 5.17 Å². The molecule has 0 bridgehead atoms. The predicted molar refractivity (Wildman–Crippen MR) is 152 cm³/mol. The Balaban J connectivity index is 1.32. The number of nitrogens with one attached hydrogen (secondary N) is 1. The van der Waals surface area contributed by atoms with E-state index in [0.29, 0.717) is 28.0 Å². The highest BCUT2D eigenvalue weighted by molar-refractivity contribution is 9.10. The normalized spacial score (nSPS) is 15.0. The third-order valence-electron chi connectivity index (χ3n) is 5.60. The Bertz CT molecular complexity index is 1560. The molecule has 0 saturated carbocycles. The Labute approximate surface area is 227 Å². The van der Waals surface area contributed by atoms with E-state index >= 15 is 0 Å². The van der Waals surface area contributed by atoms with Crippen molar-refractivity contribution in [3.63, 3.8) is 0 Å². The van der Waals surface area contributed by atoms with Gasteiger partial charge >= 0.3 is 0 Å². The molecule has 1 aliphatic heterocycles. The molecule has 0 spiro atoms. The van der Waals surface area contributed by atoms with Crippen molar-refractivity contribution in [3.05, 3.63) is 123 Å². The molecule has 1 saturated heterocycles. The van der Waals surface area contributed by atoms with E-state index in [2.05, 4.69) is 32.3 Å². The second kappa shape index (κ2) is 11.3. The average molecular weight is 566 g/mol. The zero-order valence-corrected chi connectivity index (χ0v) is 21.9. The predicted octanol–water partition coefficient (Wildman–Crippen LogP) is 7.46. The first-order chi connectivity index (χ1) is 18.1. The molecule has 0 aromatic heterocycles. The van der Waals surface area contributed by atoms with Gasteiger partial charge in [-0.3, -0.25) is 4.79 Å². The molecule has 0 atom stereocenters. The van der Waals surface area contributed by atoms with Crippen LogP contribution in [0.4, 0.5) is 5.69 Å². The van der Waals surface area contributed by atoms with Gasteiger partial charge in [0.05, 0.1) is 22.2 Å². The SMILES string of the molecule is N#Cc1ccccc1-c1ccc(COc2ccc(Br)cc2C=C2SC(=Nc3ccccc3)NC2=O)cc1. The lowest BCUT2D eigenvalue weighted by Crippen LogP contribution is -2.19. The van der Waals surface area contributed by atoms with Crippen molar-refractivity contribution in [2.45, 2.75) is 6.61 Å². The molecule has 1 aliphatic rings. The van der Waals surface area contributed by atoms with Gasteiger partial charge in [-0.2, -0.15) is 5.26 Å². The minimum Gasteiger partial charge on any atom is -0.488 e. The lowest BCUT2D eigenvalue weighted by Gasteiger charge is -2.11. The van der Waals surface area contributed by atoms with Crippen molar-refractivity contribution in [1.82, 2.24) is 5.32 Å². The van der Waals surface area contributed by atoms with Gasteiger partial charge in [0.2, 0.25) is 0 Å². The molecule has 37 heavy (non-hydrogen) atoms. The average Bonchev–Trinajstić information content (AvgIpc) is 3.27. The summed E-state index contributed by atoms with van der Waals surface area (Å²) in [4.78, 5) is 17.6.